The van der Waals surface area contributed by atoms with Crippen molar-refractivity contribution in [3.63, 3.8) is 0 Å². The lowest BCUT2D eigenvalue weighted by Gasteiger charge is -2.45. The summed E-state index contributed by atoms with van der Waals surface area (Å²) < 4.78 is 41.3. The second kappa shape index (κ2) is 46.4. The Labute approximate surface area is 764 Å². The first-order chi connectivity index (χ1) is 57.5. The van der Waals surface area contributed by atoms with Crippen molar-refractivity contribution in [3.8, 4) is 5.75 Å². The van der Waals surface area contributed by atoms with Gasteiger partial charge in [0.2, 0.25) is 0 Å². The van der Waals surface area contributed by atoms with E-state index in [1.165, 1.54) is 24.0 Å². The van der Waals surface area contributed by atoms with Gasteiger partial charge in [-0.2, -0.15) is 0 Å². The Kier molecular flexibility index (Phi) is 42.0. The van der Waals surface area contributed by atoms with Crippen LogP contribution in [0.4, 0.5) is 0 Å². The molecule has 0 bridgehead atoms. The van der Waals surface area contributed by atoms with E-state index in [1.54, 1.807) is 18.2 Å². The highest BCUT2D eigenvalue weighted by molar-refractivity contribution is 5.81. The number of allylic oxidation sites excluding steroid dienone is 10. The summed E-state index contributed by atoms with van der Waals surface area (Å²) in [7, 11) is 0. The van der Waals surface area contributed by atoms with Crippen molar-refractivity contribution >= 4 is 47.8 Å². The van der Waals surface area contributed by atoms with E-state index in [1.807, 2.05) is 150 Å². The van der Waals surface area contributed by atoms with Crippen LogP contribution in [0.2, 0.25) is 0 Å². The fourth-order valence-electron chi connectivity index (χ4n) is 15.4. The number of esters is 8. The summed E-state index contributed by atoms with van der Waals surface area (Å²) in [5.41, 5.74) is 14.8. The molecule has 10 aliphatic rings. The third-order valence-electron chi connectivity index (χ3n) is 29.7. The lowest BCUT2D eigenvalue weighted by atomic mass is 9.59. The molecule has 0 aliphatic heterocycles. The van der Waals surface area contributed by atoms with E-state index in [2.05, 4.69) is 168 Å². The summed E-state index contributed by atoms with van der Waals surface area (Å²) in [5, 5.41) is 0. The van der Waals surface area contributed by atoms with Crippen LogP contribution in [0.3, 0.4) is 0 Å². The third kappa shape index (κ3) is 29.5. The number of carbonyl (C=O) groups excluding carboxylic acids is 8. The van der Waals surface area contributed by atoms with Crippen LogP contribution in [0.1, 0.15) is 305 Å². The molecule has 0 heterocycles. The van der Waals surface area contributed by atoms with Gasteiger partial charge in [0.25, 0.3) is 0 Å². The molecule has 10 fully saturated rings. The first kappa shape index (κ1) is 114. The maximum absolute atomic E-state index is 11.9. The Morgan fingerprint density at radius 3 is 0.937 bits per heavy atom. The highest BCUT2D eigenvalue weighted by Crippen LogP contribution is 2.57. The van der Waals surface area contributed by atoms with Gasteiger partial charge in [0, 0.05) is 5.41 Å². The van der Waals surface area contributed by atoms with E-state index in [-0.39, 0.29) is 145 Å². The highest BCUT2D eigenvalue weighted by atomic mass is 16.6. The standard InChI is InChI=1S/C14H16O2.C13H20O2.2C12H20O2.2C11H18O2.C11H16O2.C10H16O2.2C8H14/c1-10-9-12(14(10,2)3)13(15)16-11-7-5-4-6-8-11;1-7-9-8-10(13(9,5)6)11(14)15-12(2,3)4;1-8(2)7-14-11(13)10-6-9(3)12(10,4)5;1-5-6-7-14-11(13)10-8-9(2)12(10,3)4;1-7(2)13-10(12)9-6-8(3)11(9,4)5;2*1-5-6-13-10(12)9-7-8(2)11(9,3)4;1-5-12-9(11)8-6-7(2)10(8,3)4;2*1-6-5-7(2)8(6,3)4/h4-8,12H,1,9H2,2-3H3;10H,1,8H2,2-6H3;8,10H,3,6-7H2,1-2,4-5H3;10H,2,5-8H2,1,3-4H3;7,9H,3,6H2,1-2,4-5H3;9H,2,5-7H2,1,3-4H3;5,9H,1-2,6-7H2,3-4H3;8H,2,5-6H2,1,3-4H3;2*7H,1,5H2,2-4H3. The van der Waals surface area contributed by atoms with Gasteiger partial charge in [-0.05, 0) is 203 Å². The Bertz CT molecular complexity index is 4100. The molecule has 10 unspecified atom stereocenters. The number of hydrogen-bond donors (Lipinski definition) is 0. The van der Waals surface area contributed by atoms with Crippen molar-refractivity contribution in [3.05, 3.63) is 170 Å². The summed E-state index contributed by atoms with van der Waals surface area (Å²) in [4.78, 5) is 92.7. The number of rotatable bonds is 20. The van der Waals surface area contributed by atoms with Crippen LogP contribution in [0.5, 0.6) is 5.75 Å². The molecule has 10 aliphatic carbocycles. The van der Waals surface area contributed by atoms with E-state index in [9.17, 15) is 38.4 Å². The fourth-order valence-corrected chi connectivity index (χ4v) is 15.4. The molecular formula is C110H172O16. The normalized spacial score (nSPS) is 25.8. The molecule has 0 radical (unpaired) electrons. The molecule has 0 N–H and O–H groups in total. The minimum absolute atomic E-state index is 0.0139. The number of ether oxygens (including phenoxy) is 8. The SMILES string of the molecule is C=C1CC(C(=O)OC(C)C)C1(C)C.C=C1CC(C(=O)OCC(C)C)C1(C)C.C=C1CC(C(=O)OCC)C1(C)C.C=C1CC(C(=O)OCCC)C1(C)C.C=C1CC(C(=O)OCCCC)C1(C)C.C=C1CC(C(=O)Oc2ccccc2)C1(C)C.C=C1CC(C)C1(C)C.C=C1CC(C)C1(C)C.C=C=C1CC(C(=O)OC(C)(C)C)C1(C)C.C=CCOC(=O)C1CC(=C)C1(C)C. The predicted molar refractivity (Wildman–Crippen MR) is 515 cm³/mol. The smallest absolute Gasteiger partial charge is 0.315 e. The quantitative estimate of drug-likeness (QED) is 0.0297. The number of hydrogen-bond acceptors (Lipinski definition) is 16. The van der Waals surface area contributed by atoms with Crippen molar-refractivity contribution in [1.82, 2.24) is 0 Å². The minimum Gasteiger partial charge on any atom is -0.466 e. The summed E-state index contributed by atoms with van der Waals surface area (Å²) >= 11 is 0. The van der Waals surface area contributed by atoms with Gasteiger partial charge in [0.15, 0.2) is 0 Å². The van der Waals surface area contributed by atoms with Gasteiger partial charge in [0.1, 0.15) is 18.0 Å². The van der Waals surface area contributed by atoms with Crippen LogP contribution in [-0.4, -0.2) is 92.5 Å². The Morgan fingerprint density at radius 2 is 0.690 bits per heavy atom. The van der Waals surface area contributed by atoms with Gasteiger partial charge in [0.05, 0.1) is 79.9 Å². The molecule has 708 valence electrons. The Balaban J connectivity index is 0.000000477. The zero-order valence-corrected chi connectivity index (χ0v) is 84.9. The zero-order chi connectivity index (χ0) is 97.7. The molecule has 16 heteroatoms. The monoisotopic (exact) mass is 1750 g/mol. The lowest BCUT2D eigenvalue weighted by molar-refractivity contribution is -0.167. The number of benzene rings is 1. The van der Waals surface area contributed by atoms with Gasteiger partial charge in [-0.3, -0.25) is 38.4 Å². The highest BCUT2D eigenvalue weighted by Gasteiger charge is 2.54. The molecule has 16 nitrogen and oxygen atoms in total. The molecule has 10 saturated carbocycles. The van der Waals surface area contributed by atoms with Gasteiger partial charge in [-0.25, -0.2) is 0 Å². The van der Waals surface area contributed by atoms with Crippen molar-refractivity contribution < 1.29 is 76.3 Å². The van der Waals surface area contributed by atoms with Crippen LogP contribution in [0.25, 0.3) is 0 Å². The summed E-state index contributed by atoms with van der Waals surface area (Å²) in [6, 6.07) is 9.18. The predicted octanol–water partition coefficient (Wildman–Crippen LogP) is 26.8. The van der Waals surface area contributed by atoms with Gasteiger partial charge < -0.3 is 37.9 Å². The van der Waals surface area contributed by atoms with E-state index >= 15 is 0 Å². The molecule has 1 aromatic rings. The summed E-state index contributed by atoms with van der Waals surface area (Å²) in [5.74, 6) is 2.07. The lowest BCUT2D eigenvalue weighted by Crippen LogP contribution is -2.45. The Hall–Kier alpha value is -8.10. The summed E-state index contributed by atoms with van der Waals surface area (Å²) in [6.07, 6.45) is 13.2. The summed E-state index contributed by atoms with van der Waals surface area (Å²) in [6.45, 7) is 111. The first-order valence-corrected chi connectivity index (χ1v) is 46.2. The maximum Gasteiger partial charge on any atom is 0.315 e. The van der Waals surface area contributed by atoms with Gasteiger partial charge in [-0.1, -0.05) is 333 Å². The molecular weight excluding hydrogens is 1580 g/mol. The second-order valence-corrected chi connectivity index (χ2v) is 43.7. The van der Waals surface area contributed by atoms with Crippen molar-refractivity contribution in [2.24, 2.45) is 119 Å². The van der Waals surface area contributed by atoms with Crippen LogP contribution in [-0.2, 0) is 71.5 Å². The topological polar surface area (TPSA) is 210 Å². The number of carbonyl (C=O) groups is 8. The maximum atomic E-state index is 11.9. The minimum atomic E-state index is -0.402. The average Bonchev–Trinajstić information content (AvgIpc) is 0.763. The van der Waals surface area contributed by atoms with Crippen molar-refractivity contribution in [1.29, 1.82) is 0 Å². The molecule has 0 aromatic heterocycles. The third-order valence-corrected chi connectivity index (χ3v) is 29.7. The van der Waals surface area contributed by atoms with Crippen molar-refractivity contribution in [2.75, 3.05) is 33.0 Å². The van der Waals surface area contributed by atoms with E-state index in [0.29, 0.717) is 55.5 Å². The Morgan fingerprint density at radius 1 is 0.389 bits per heavy atom. The second-order valence-electron chi connectivity index (χ2n) is 43.7. The fraction of sp³-hybridized carbons (Fsp3) is 0.664. The zero-order valence-electron chi connectivity index (χ0n) is 84.9. The first-order valence-electron chi connectivity index (χ1n) is 46.2. The van der Waals surface area contributed by atoms with Crippen LogP contribution in [0, 0.1) is 119 Å². The van der Waals surface area contributed by atoms with Crippen molar-refractivity contribution in [2.45, 2.75) is 317 Å². The van der Waals surface area contributed by atoms with Gasteiger partial charge in [-0.15, -0.1) is 5.73 Å². The number of unbranched alkanes of at least 4 members (excludes halogenated alkanes) is 1. The van der Waals surface area contributed by atoms with Crippen LogP contribution in [0.15, 0.2) is 170 Å². The molecule has 1 aromatic carbocycles. The van der Waals surface area contributed by atoms with Crippen LogP contribution < -0.4 is 4.74 Å². The molecule has 126 heavy (non-hydrogen) atoms. The van der Waals surface area contributed by atoms with E-state index < -0.39 is 5.60 Å². The average molecular weight is 1750 g/mol. The van der Waals surface area contributed by atoms with Gasteiger partial charge >= 0.3 is 47.8 Å². The molecule has 10 atom stereocenters. The van der Waals surface area contributed by atoms with Crippen LogP contribution >= 0.6 is 0 Å². The van der Waals surface area contributed by atoms with E-state index in [4.69, 9.17) is 37.9 Å². The van der Waals surface area contributed by atoms with E-state index in [0.717, 1.165) is 127 Å². The molecule has 0 amide bonds. The molecule has 11 rings (SSSR count). The molecule has 0 spiro atoms. The molecule has 0 saturated heterocycles. The number of para-hydroxylation sites is 1. The largest absolute Gasteiger partial charge is 0.466 e.